The Kier molecular flexibility index (Phi) is 5.46. The molecule has 2 heterocycles. The van der Waals surface area contributed by atoms with Crippen molar-refractivity contribution in [2.24, 2.45) is 30.0 Å². The Morgan fingerprint density at radius 2 is 1.86 bits per heavy atom. The van der Waals surface area contributed by atoms with Crippen LogP contribution in [-0.2, 0) is 20.7 Å². The standard InChI is InChI=1S/C22H27N6O/c1-26-19-7-3-4-8-20(19)27(2)21(26)16-29-18-11-9-17(10-12-18)15-24-25-22(23)28-13-5-6-14-28/h3-4,7-12,15H,5-6,13-14,16H2,1-2H3,(H2,23,25)/q+1/b24-15+. The van der Waals surface area contributed by atoms with E-state index in [2.05, 4.69) is 62.6 Å². The zero-order chi connectivity index (χ0) is 20.2. The van der Waals surface area contributed by atoms with Gasteiger partial charge in [-0.15, -0.1) is 5.10 Å². The van der Waals surface area contributed by atoms with Crippen LogP contribution in [0.1, 0.15) is 24.2 Å². The number of likely N-dealkylation sites (tertiary alicyclic amines) is 1. The third-order valence-corrected chi connectivity index (χ3v) is 5.42. The minimum Gasteiger partial charge on any atom is -0.481 e. The van der Waals surface area contributed by atoms with Gasteiger partial charge in [-0.2, -0.15) is 5.10 Å². The Balaban J connectivity index is 1.39. The number of hydrogen-bond donors (Lipinski definition) is 1. The van der Waals surface area contributed by atoms with Crippen LogP contribution in [-0.4, -0.2) is 34.7 Å². The van der Waals surface area contributed by atoms with Crippen molar-refractivity contribution < 1.29 is 9.30 Å². The van der Waals surface area contributed by atoms with E-state index in [9.17, 15) is 0 Å². The Labute approximate surface area is 170 Å². The van der Waals surface area contributed by atoms with Gasteiger partial charge in [0.2, 0.25) is 5.96 Å². The average molecular weight is 391 g/mol. The topological polar surface area (TPSA) is 72.0 Å². The molecule has 0 unspecified atom stereocenters. The SMILES string of the molecule is Cn1c(COc2ccc(/C=N/N=C(/N)N3CCCC3)cc2)[n+](C)c2ccccc21. The summed E-state index contributed by atoms with van der Waals surface area (Å²) in [4.78, 5) is 2.06. The van der Waals surface area contributed by atoms with E-state index in [1.165, 1.54) is 11.0 Å². The molecule has 7 nitrogen and oxygen atoms in total. The molecule has 0 atom stereocenters. The fraction of sp³-hybridized carbons (Fsp3) is 0.318. The van der Waals surface area contributed by atoms with E-state index in [1.54, 1.807) is 6.21 Å². The molecule has 0 aliphatic carbocycles. The number of guanidine groups is 1. The quantitative estimate of drug-likeness (QED) is 0.314. The molecule has 1 saturated heterocycles. The van der Waals surface area contributed by atoms with Crippen molar-refractivity contribution in [1.82, 2.24) is 9.47 Å². The second kappa shape index (κ2) is 8.34. The van der Waals surface area contributed by atoms with Gasteiger partial charge in [0.05, 0.1) is 20.3 Å². The first-order valence-corrected chi connectivity index (χ1v) is 9.90. The van der Waals surface area contributed by atoms with E-state index in [1.807, 2.05) is 24.3 Å². The third kappa shape index (κ3) is 4.08. The van der Waals surface area contributed by atoms with Crippen LogP contribution in [0.3, 0.4) is 0 Å². The van der Waals surface area contributed by atoms with Gasteiger partial charge in [-0.1, -0.05) is 12.1 Å². The minimum atomic E-state index is 0.488. The van der Waals surface area contributed by atoms with Crippen LogP contribution >= 0.6 is 0 Å². The summed E-state index contributed by atoms with van der Waals surface area (Å²) in [7, 11) is 4.13. The van der Waals surface area contributed by atoms with Gasteiger partial charge in [-0.3, -0.25) is 0 Å². The number of para-hydroxylation sites is 2. The molecule has 0 amide bonds. The number of nitrogens with two attached hydrogens (primary N) is 1. The second-order valence-corrected chi connectivity index (χ2v) is 7.28. The first-order chi connectivity index (χ1) is 14.1. The van der Waals surface area contributed by atoms with Gasteiger partial charge >= 0.3 is 0 Å². The molecule has 7 heteroatoms. The van der Waals surface area contributed by atoms with E-state index in [-0.39, 0.29) is 0 Å². The summed E-state index contributed by atoms with van der Waals surface area (Å²) in [6.45, 7) is 2.42. The molecule has 29 heavy (non-hydrogen) atoms. The molecular formula is C22H27N6O+. The molecule has 0 radical (unpaired) electrons. The Morgan fingerprint density at radius 3 is 2.59 bits per heavy atom. The number of imidazole rings is 1. The fourth-order valence-electron chi connectivity index (χ4n) is 3.69. The van der Waals surface area contributed by atoms with Crippen molar-refractivity contribution in [2.45, 2.75) is 19.4 Å². The zero-order valence-electron chi connectivity index (χ0n) is 17.0. The Hall–Kier alpha value is -3.35. The maximum absolute atomic E-state index is 6.01. The van der Waals surface area contributed by atoms with Gasteiger partial charge in [-0.25, -0.2) is 9.13 Å². The van der Waals surface area contributed by atoms with Gasteiger partial charge in [0.25, 0.3) is 5.82 Å². The number of fused-ring (bicyclic) bond motifs is 1. The van der Waals surface area contributed by atoms with Gasteiger partial charge < -0.3 is 15.4 Å². The van der Waals surface area contributed by atoms with Crippen LogP contribution in [0.25, 0.3) is 11.0 Å². The first-order valence-electron chi connectivity index (χ1n) is 9.90. The number of benzene rings is 2. The molecule has 3 aromatic rings. The molecule has 0 bridgehead atoms. The molecule has 1 aliphatic heterocycles. The van der Waals surface area contributed by atoms with Gasteiger partial charge in [0.15, 0.2) is 17.6 Å². The summed E-state index contributed by atoms with van der Waals surface area (Å²) in [5, 5.41) is 8.20. The van der Waals surface area contributed by atoms with Gasteiger partial charge in [-0.05, 0) is 54.8 Å². The Bertz CT molecular complexity index is 1010. The van der Waals surface area contributed by atoms with E-state index < -0.39 is 0 Å². The van der Waals surface area contributed by atoms with Crippen molar-refractivity contribution in [2.75, 3.05) is 13.1 Å². The number of aryl methyl sites for hydroxylation is 2. The number of hydrogen-bond acceptors (Lipinski definition) is 3. The van der Waals surface area contributed by atoms with Crippen molar-refractivity contribution in [3.63, 3.8) is 0 Å². The second-order valence-electron chi connectivity index (χ2n) is 7.28. The monoisotopic (exact) mass is 391 g/mol. The number of ether oxygens (including phenoxy) is 1. The van der Waals surface area contributed by atoms with E-state index in [4.69, 9.17) is 10.5 Å². The molecule has 1 fully saturated rings. The van der Waals surface area contributed by atoms with Crippen LogP contribution in [0.2, 0.25) is 0 Å². The van der Waals surface area contributed by atoms with Crippen molar-refractivity contribution >= 4 is 23.2 Å². The average Bonchev–Trinajstić information content (AvgIpc) is 3.36. The van der Waals surface area contributed by atoms with E-state index in [0.717, 1.165) is 43.1 Å². The fourth-order valence-corrected chi connectivity index (χ4v) is 3.69. The lowest BCUT2D eigenvalue weighted by Crippen LogP contribution is -2.34. The smallest absolute Gasteiger partial charge is 0.295 e. The Morgan fingerprint density at radius 1 is 1.14 bits per heavy atom. The highest BCUT2D eigenvalue weighted by Crippen LogP contribution is 2.16. The number of aromatic nitrogens is 2. The number of rotatable bonds is 5. The van der Waals surface area contributed by atoms with Crippen LogP contribution in [0.4, 0.5) is 0 Å². The molecule has 2 aromatic carbocycles. The number of nitrogens with zero attached hydrogens (tertiary/aromatic N) is 5. The zero-order valence-corrected chi connectivity index (χ0v) is 17.0. The summed E-state index contributed by atoms with van der Waals surface area (Å²) in [6.07, 6.45) is 4.03. The highest BCUT2D eigenvalue weighted by Gasteiger charge is 2.19. The largest absolute Gasteiger partial charge is 0.481 e. The maximum Gasteiger partial charge on any atom is 0.295 e. The van der Waals surface area contributed by atoms with Crippen molar-refractivity contribution in [1.29, 1.82) is 0 Å². The van der Waals surface area contributed by atoms with Crippen molar-refractivity contribution in [3.8, 4) is 5.75 Å². The summed E-state index contributed by atoms with van der Waals surface area (Å²) in [5.74, 6) is 2.40. The summed E-state index contributed by atoms with van der Waals surface area (Å²) < 4.78 is 10.3. The molecule has 150 valence electrons. The van der Waals surface area contributed by atoms with Crippen LogP contribution < -0.4 is 15.0 Å². The van der Waals surface area contributed by atoms with Crippen LogP contribution in [0.15, 0.2) is 58.7 Å². The lowest BCUT2D eigenvalue weighted by Gasteiger charge is -2.13. The van der Waals surface area contributed by atoms with E-state index >= 15 is 0 Å². The molecule has 2 N–H and O–H groups in total. The lowest BCUT2D eigenvalue weighted by molar-refractivity contribution is -0.655. The third-order valence-electron chi connectivity index (χ3n) is 5.42. The molecule has 0 saturated carbocycles. The molecule has 1 aliphatic rings. The minimum absolute atomic E-state index is 0.488. The highest BCUT2D eigenvalue weighted by atomic mass is 16.5. The van der Waals surface area contributed by atoms with Crippen LogP contribution in [0, 0.1) is 0 Å². The molecule has 0 spiro atoms. The predicted molar refractivity (Wildman–Crippen MR) is 115 cm³/mol. The summed E-state index contributed by atoms with van der Waals surface area (Å²) >= 11 is 0. The molecule has 4 rings (SSSR count). The molecule has 1 aromatic heterocycles. The summed E-state index contributed by atoms with van der Waals surface area (Å²) in [6, 6.07) is 16.1. The van der Waals surface area contributed by atoms with Crippen LogP contribution in [0.5, 0.6) is 5.75 Å². The predicted octanol–water partition coefficient (Wildman–Crippen LogP) is 2.33. The highest BCUT2D eigenvalue weighted by molar-refractivity contribution is 5.82. The molecular weight excluding hydrogens is 364 g/mol. The maximum atomic E-state index is 6.01. The normalized spacial score (nSPS) is 15.0. The van der Waals surface area contributed by atoms with Gasteiger partial charge in [0, 0.05) is 13.1 Å². The van der Waals surface area contributed by atoms with Crippen molar-refractivity contribution in [3.05, 3.63) is 59.9 Å². The lowest BCUT2D eigenvalue weighted by atomic mass is 10.2. The first kappa shape index (κ1) is 19.0. The summed E-state index contributed by atoms with van der Waals surface area (Å²) in [5.41, 5.74) is 9.28. The van der Waals surface area contributed by atoms with Gasteiger partial charge in [0.1, 0.15) is 5.75 Å². The van der Waals surface area contributed by atoms with E-state index in [0.29, 0.717) is 12.6 Å².